The minimum absolute atomic E-state index is 0.0566. The molecule has 10 N–H and O–H groups in total. The molecule has 16 nitrogen and oxygen atoms in total. The SMILES string of the molecule is CC(C)C[C@H](N)C(=O)NCCNC(=O)c1ccc2c(c1)C(=O)c1cc(C(=O)NCCNC(=O)[C@@H](N)CC(C)C)ccc1C2=O.O=C(O)C(F)(F)F.O=C(O)C(F)(F)F. The third-order valence-corrected chi connectivity index (χ3v) is 7.57. The van der Waals surface area contributed by atoms with E-state index in [1.54, 1.807) is 0 Å². The van der Waals surface area contributed by atoms with E-state index in [9.17, 15) is 55.1 Å². The summed E-state index contributed by atoms with van der Waals surface area (Å²) in [6.07, 6.45) is -9.08. The molecule has 22 heteroatoms. The van der Waals surface area contributed by atoms with Gasteiger partial charge >= 0.3 is 24.3 Å². The number of aliphatic carboxylic acids is 2. The number of carboxylic acid groups (broad SMARTS) is 2. The number of hydrogen-bond acceptors (Lipinski definition) is 10. The molecule has 0 aromatic heterocycles. The molecule has 0 aliphatic heterocycles. The van der Waals surface area contributed by atoms with Gasteiger partial charge in [-0.2, -0.15) is 26.3 Å². The van der Waals surface area contributed by atoms with E-state index in [0.29, 0.717) is 12.8 Å². The van der Waals surface area contributed by atoms with Crippen molar-refractivity contribution in [1.82, 2.24) is 21.3 Å². The normalized spacial score (nSPS) is 13.0. The molecule has 0 unspecified atom stereocenters. The van der Waals surface area contributed by atoms with Gasteiger partial charge in [-0.3, -0.25) is 28.8 Å². The van der Waals surface area contributed by atoms with E-state index < -0.39 is 59.8 Å². The average molecular weight is 835 g/mol. The lowest BCUT2D eigenvalue weighted by atomic mass is 9.82. The molecule has 1 aliphatic carbocycles. The number of halogens is 6. The van der Waals surface area contributed by atoms with Gasteiger partial charge in [0.1, 0.15) is 0 Å². The molecule has 0 fully saturated rings. The van der Waals surface area contributed by atoms with Crippen LogP contribution in [0.2, 0.25) is 0 Å². The van der Waals surface area contributed by atoms with E-state index in [-0.39, 0.29) is 83.2 Å². The number of ketones is 2. The molecular formula is C36H44F6N6O10. The van der Waals surface area contributed by atoms with Crippen LogP contribution in [0.4, 0.5) is 26.3 Å². The van der Waals surface area contributed by atoms with Gasteiger partial charge in [-0.05, 0) is 61.1 Å². The van der Waals surface area contributed by atoms with Crippen molar-refractivity contribution in [2.24, 2.45) is 23.3 Å². The maximum Gasteiger partial charge on any atom is 0.490 e. The summed E-state index contributed by atoms with van der Waals surface area (Å²) in [4.78, 5) is 94.0. The van der Waals surface area contributed by atoms with Crippen molar-refractivity contribution in [3.8, 4) is 0 Å². The highest BCUT2D eigenvalue weighted by Crippen LogP contribution is 2.29. The monoisotopic (exact) mass is 834 g/mol. The summed E-state index contributed by atoms with van der Waals surface area (Å²) in [7, 11) is 0. The van der Waals surface area contributed by atoms with Crippen molar-refractivity contribution in [3.63, 3.8) is 0 Å². The first-order valence-electron chi connectivity index (χ1n) is 17.3. The van der Waals surface area contributed by atoms with Crippen LogP contribution in [0.15, 0.2) is 36.4 Å². The number of nitrogens with two attached hydrogens (primary N) is 2. The molecule has 58 heavy (non-hydrogen) atoms. The van der Waals surface area contributed by atoms with E-state index in [1.165, 1.54) is 36.4 Å². The molecule has 0 heterocycles. The maximum absolute atomic E-state index is 13.4. The van der Waals surface area contributed by atoms with Crippen molar-refractivity contribution in [2.75, 3.05) is 26.2 Å². The van der Waals surface area contributed by atoms with Crippen molar-refractivity contribution in [2.45, 2.75) is 65.0 Å². The number of carbonyl (C=O) groups excluding carboxylic acids is 6. The van der Waals surface area contributed by atoms with Crippen molar-refractivity contribution < 1.29 is 74.9 Å². The Morgan fingerprint density at radius 3 is 1.10 bits per heavy atom. The van der Waals surface area contributed by atoms with Gasteiger partial charge in [0.25, 0.3) is 11.8 Å². The third kappa shape index (κ3) is 16.3. The van der Waals surface area contributed by atoms with Gasteiger partial charge in [-0.25, -0.2) is 9.59 Å². The van der Waals surface area contributed by atoms with Crippen LogP contribution in [0.5, 0.6) is 0 Å². The summed E-state index contributed by atoms with van der Waals surface area (Å²) < 4.78 is 63.5. The molecule has 0 saturated carbocycles. The Morgan fingerprint density at radius 1 is 0.552 bits per heavy atom. The molecule has 0 bridgehead atoms. The van der Waals surface area contributed by atoms with Gasteiger partial charge in [-0.15, -0.1) is 0 Å². The number of rotatable bonds is 14. The second kappa shape index (κ2) is 22.1. The first-order chi connectivity index (χ1) is 26.7. The van der Waals surface area contributed by atoms with Crippen LogP contribution in [0.1, 0.15) is 93.1 Å². The van der Waals surface area contributed by atoms with Gasteiger partial charge < -0.3 is 42.9 Å². The number of alkyl halides is 6. The summed E-state index contributed by atoms with van der Waals surface area (Å²) >= 11 is 0. The van der Waals surface area contributed by atoms with Gasteiger partial charge in [0, 0.05) is 59.6 Å². The zero-order valence-corrected chi connectivity index (χ0v) is 31.6. The third-order valence-electron chi connectivity index (χ3n) is 7.57. The van der Waals surface area contributed by atoms with E-state index in [1.807, 2.05) is 27.7 Å². The van der Waals surface area contributed by atoms with Crippen LogP contribution in [-0.2, 0) is 19.2 Å². The number of amides is 4. The molecule has 0 spiro atoms. The highest BCUT2D eigenvalue weighted by molar-refractivity contribution is 6.29. The molecule has 0 radical (unpaired) electrons. The quantitative estimate of drug-likeness (QED) is 0.0858. The molecule has 2 atom stereocenters. The summed E-state index contributed by atoms with van der Waals surface area (Å²) in [5.41, 5.74) is 12.5. The first kappa shape index (κ1) is 50.1. The molecule has 4 amide bonds. The predicted molar refractivity (Wildman–Crippen MR) is 193 cm³/mol. The standard InChI is InChI=1S/C32H42N6O6.2C2HF3O2/c1-17(2)13-25(33)31(43)37-11-9-35-29(41)19-5-7-21-23(15-19)28(40)24-16-20(6-8-22(24)27(21)39)30(42)36-10-12-38-32(44)26(34)14-18(3)4;2*3-2(4,5)1(6)7/h5-8,15-18,25-26H,9-14,33-34H2,1-4H3,(H,35,41)(H,36,42)(H,37,43)(H,38,44);2*(H,6,7)/t25-,26-;;/m0../s1. The zero-order valence-electron chi connectivity index (χ0n) is 31.6. The lowest BCUT2D eigenvalue weighted by Crippen LogP contribution is -2.44. The smallest absolute Gasteiger partial charge is 0.475 e. The lowest BCUT2D eigenvalue weighted by molar-refractivity contribution is -0.193. The fourth-order valence-electron chi connectivity index (χ4n) is 4.85. The molecular weight excluding hydrogens is 790 g/mol. The number of hydrogen-bond donors (Lipinski definition) is 8. The van der Waals surface area contributed by atoms with Crippen molar-refractivity contribution in [1.29, 1.82) is 0 Å². The minimum Gasteiger partial charge on any atom is -0.475 e. The number of carbonyl (C=O) groups is 8. The highest BCUT2D eigenvalue weighted by atomic mass is 19.4. The van der Waals surface area contributed by atoms with Gasteiger partial charge in [0.05, 0.1) is 12.1 Å². The second-order valence-electron chi connectivity index (χ2n) is 13.4. The van der Waals surface area contributed by atoms with Crippen LogP contribution in [0.3, 0.4) is 0 Å². The van der Waals surface area contributed by atoms with Gasteiger partial charge in [0.2, 0.25) is 11.8 Å². The van der Waals surface area contributed by atoms with Gasteiger partial charge in [0.15, 0.2) is 11.6 Å². The van der Waals surface area contributed by atoms with E-state index in [2.05, 4.69) is 21.3 Å². The second-order valence-corrected chi connectivity index (χ2v) is 13.4. The number of nitrogens with one attached hydrogen (secondary N) is 4. The van der Waals surface area contributed by atoms with Crippen molar-refractivity contribution >= 4 is 47.1 Å². The Labute approximate surface area is 327 Å². The fourth-order valence-corrected chi connectivity index (χ4v) is 4.85. The van der Waals surface area contributed by atoms with Crippen LogP contribution < -0.4 is 32.7 Å². The number of benzene rings is 2. The summed E-state index contributed by atoms with van der Waals surface area (Å²) in [6, 6.07) is 7.22. The molecule has 320 valence electrons. The fraction of sp³-hybridized carbons (Fsp3) is 0.444. The Morgan fingerprint density at radius 2 is 0.828 bits per heavy atom. The molecule has 2 aromatic rings. The Hall–Kier alpha value is -5.90. The van der Waals surface area contributed by atoms with Crippen LogP contribution in [0.25, 0.3) is 0 Å². The van der Waals surface area contributed by atoms with E-state index in [0.717, 1.165) is 0 Å². The first-order valence-corrected chi connectivity index (χ1v) is 17.3. The molecule has 2 aromatic carbocycles. The molecule has 1 aliphatic rings. The predicted octanol–water partition coefficient (Wildman–Crippen LogP) is 2.17. The lowest BCUT2D eigenvalue weighted by Gasteiger charge is -2.19. The number of fused-ring (bicyclic) bond motifs is 2. The summed E-state index contributed by atoms with van der Waals surface area (Å²) in [5, 5.41) is 25.0. The molecule has 0 saturated heterocycles. The van der Waals surface area contributed by atoms with E-state index >= 15 is 0 Å². The van der Waals surface area contributed by atoms with Crippen LogP contribution >= 0.6 is 0 Å². The Balaban J connectivity index is 0.00000102. The Kier molecular flexibility index (Phi) is 19.1. The minimum atomic E-state index is -5.08. The highest BCUT2D eigenvalue weighted by Gasteiger charge is 2.39. The number of carboxylic acids is 2. The topological polar surface area (TPSA) is 277 Å². The van der Waals surface area contributed by atoms with Crippen LogP contribution in [0, 0.1) is 11.8 Å². The summed E-state index contributed by atoms with van der Waals surface area (Å²) in [5.74, 6) is -7.41. The maximum atomic E-state index is 13.4. The van der Waals surface area contributed by atoms with Gasteiger partial charge in [-0.1, -0.05) is 27.7 Å². The summed E-state index contributed by atoms with van der Waals surface area (Å²) in [6.45, 7) is 8.50. The average Bonchev–Trinajstić information content (AvgIpc) is 3.12. The van der Waals surface area contributed by atoms with Crippen molar-refractivity contribution in [3.05, 3.63) is 69.8 Å². The largest absolute Gasteiger partial charge is 0.490 e. The van der Waals surface area contributed by atoms with Crippen LogP contribution in [-0.4, -0.2) is 108 Å². The Bertz CT molecular complexity index is 1720. The molecule has 3 rings (SSSR count). The zero-order chi connectivity index (χ0) is 44.7. The van der Waals surface area contributed by atoms with E-state index in [4.69, 9.17) is 31.3 Å².